The maximum Gasteiger partial charge on any atom is 0.0746 e. The summed E-state index contributed by atoms with van der Waals surface area (Å²) in [7, 11) is 6.24. The van der Waals surface area contributed by atoms with Crippen molar-refractivity contribution in [2.45, 2.75) is 58.2 Å². The van der Waals surface area contributed by atoms with Gasteiger partial charge in [-0.2, -0.15) is 0 Å². The molecule has 1 rings (SSSR count). The molecule has 68 valence electrons. The van der Waals surface area contributed by atoms with Gasteiger partial charge in [0.1, 0.15) is 0 Å². The van der Waals surface area contributed by atoms with Crippen LogP contribution in [0.4, 0.5) is 0 Å². The lowest BCUT2D eigenvalue weighted by Gasteiger charge is -2.38. The molecule has 1 saturated carbocycles. The highest BCUT2D eigenvalue weighted by molar-refractivity contribution is 6.15. The van der Waals surface area contributed by atoms with Crippen LogP contribution in [0.5, 0.6) is 0 Å². The van der Waals surface area contributed by atoms with E-state index in [0.29, 0.717) is 0 Å². The minimum absolute atomic E-state index is 0.0974. The van der Waals surface area contributed by atoms with Gasteiger partial charge in [-0.05, 0) is 11.8 Å². The van der Waals surface area contributed by atoms with Crippen LogP contribution in [-0.2, 0) is 0 Å². The van der Waals surface area contributed by atoms with Gasteiger partial charge in [-0.1, -0.05) is 58.2 Å². The van der Waals surface area contributed by atoms with Crippen LogP contribution < -0.4 is 0 Å². The third-order valence-corrected chi connectivity index (χ3v) is 3.71. The van der Waals surface area contributed by atoms with Crippen molar-refractivity contribution in [2.24, 2.45) is 11.8 Å². The van der Waals surface area contributed by atoms with E-state index in [4.69, 9.17) is 7.85 Å². The van der Waals surface area contributed by atoms with Gasteiger partial charge in [-0.3, -0.25) is 0 Å². The summed E-state index contributed by atoms with van der Waals surface area (Å²) in [6.45, 7) is 6.78. The summed E-state index contributed by atoms with van der Waals surface area (Å²) < 4.78 is 0. The van der Waals surface area contributed by atoms with Crippen LogP contribution in [-0.4, -0.2) is 7.85 Å². The average Bonchev–Trinajstić information content (AvgIpc) is 2.05. The first-order chi connectivity index (χ1) is 5.56. The van der Waals surface area contributed by atoms with Gasteiger partial charge in [0.15, 0.2) is 0 Å². The van der Waals surface area contributed by atoms with Crippen LogP contribution in [0.15, 0.2) is 0 Å². The Labute approximate surface area is 78.5 Å². The number of hydrogen-bond donors (Lipinski definition) is 0. The lowest BCUT2D eigenvalue weighted by Crippen LogP contribution is -2.24. The van der Waals surface area contributed by atoms with Gasteiger partial charge in [0.25, 0.3) is 0 Å². The van der Waals surface area contributed by atoms with Crippen molar-refractivity contribution in [1.29, 1.82) is 0 Å². The van der Waals surface area contributed by atoms with E-state index in [1.54, 1.807) is 0 Å². The molecule has 0 saturated heterocycles. The third-order valence-electron chi connectivity index (χ3n) is 3.71. The Bertz CT molecular complexity index is 132. The van der Waals surface area contributed by atoms with Gasteiger partial charge in [-0.25, -0.2) is 0 Å². The third kappa shape index (κ3) is 2.28. The second-order valence-corrected chi connectivity index (χ2v) is 4.82. The Balaban J connectivity index is 2.44. The summed E-state index contributed by atoms with van der Waals surface area (Å²) >= 11 is 0. The van der Waals surface area contributed by atoms with Crippen molar-refractivity contribution < 1.29 is 0 Å². The molecule has 1 heteroatoms. The predicted molar refractivity (Wildman–Crippen MR) is 55.5 cm³/mol. The molecule has 0 bridgehead atoms. The standard InChI is InChI=1S/C11H21B/c1-4-11(3,12)10-7-5-9(2)6-8-10/h9-10H,4-8H2,1-3H3. The van der Waals surface area contributed by atoms with E-state index in [-0.39, 0.29) is 5.31 Å². The fraction of sp³-hybridized carbons (Fsp3) is 1.00. The van der Waals surface area contributed by atoms with Crippen molar-refractivity contribution in [2.75, 3.05) is 0 Å². The zero-order valence-electron chi connectivity index (χ0n) is 8.77. The molecule has 2 radical (unpaired) electrons. The Kier molecular flexibility index (Phi) is 3.26. The molecule has 0 N–H and O–H groups in total. The second kappa shape index (κ2) is 3.85. The van der Waals surface area contributed by atoms with E-state index in [2.05, 4.69) is 20.8 Å². The summed E-state index contributed by atoms with van der Waals surface area (Å²) in [6, 6.07) is 0. The van der Waals surface area contributed by atoms with Crippen LogP contribution in [0.2, 0.25) is 5.31 Å². The smallest absolute Gasteiger partial charge is 0.0674 e. The first kappa shape index (κ1) is 10.1. The molecule has 0 aliphatic heterocycles. The molecule has 0 aromatic carbocycles. The van der Waals surface area contributed by atoms with Gasteiger partial charge in [0.2, 0.25) is 0 Å². The quantitative estimate of drug-likeness (QED) is 0.547. The summed E-state index contributed by atoms with van der Waals surface area (Å²) in [5, 5.41) is 0.0974. The van der Waals surface area contributed by atoms with E-state index in [1.807, 2.05) is 0 Å². The fourth-order valence-corrected chi connectivity index (χ4v) is 2.21. The average molecular weight is 164 g/mol. The monoisotopic (exact) mass is 164 g/mol. The van der Waals surface area contributed by atoms with E-state index < -0.39 is 0 Å². The van der Waals surface area contributed by atoms with Crippen LogP contribution in [0.1, 0.15) is 52.9 Å². The first-order valence-electron chi connectivity index (χ1n) is 5.35. The molecule has 0 heterocycles. The van der Waals surface area contributed by atoms with Crippen molar-refractivity contribution in [3.05, 3.63) is 0 Å². The normalized spacial score (nSPS) is 35.9. The topological polar surface area (TPSA) is 0 Å². The van der Waals surface area contributed by atoms with Gasteiger partial charge in [-0.15, -0.1) is 0 Å². The fourth-order valence-electron chi connectivity index (χ4n) is 2.21. The maximum absolute atomic E-state index is 6.24. The zero-order valence-corrected chi connectivity index (χ0v) is 8.77. The zero-order chi connectivity index (χ0) is 9.19. The number of hydrogen-bond acceptors (Lipinski definition) is 0. The Hall–Kier alpha value is 0.0649. The molecule has 1 fully saturated rings. The summed E-state index contributed by atoms with van der Waals surface area (Å²) in [4.78, 5) is 0. The minimum atomic E-state index is 0.0974. The molecule has 0 amide bonds. The maximum atomic E-state index is 6.24. The predicted octanol–water partition coefficient (Wildman–Crippen LogP) is 3.57. The van der Waals surface area contributed by atoms with Crippen LogP contribution in [0, 0.1) is 11.8 Å². The summed E-state index contributed by atoms with van der Waals surface area (Å²) in [5.41, 5.74) is 0. The molecule has 1 aliphatic carbocycles. The number of rotatable bonds is 2. The Morgan fingerprint density at radius 2 is 1.75 bits per heavy atom. The van der Waals surface area contributed by atoms with E-state index in [9.17, 15) is 0 Å². The van der Waals surface area contributed by atoms with Gasteiger partial charge in [0, 0.05) is 0 Å². The van der Waals surface area contributed by atoms with E-state index in [0.717, 1.165) is 18.3 Å². The highest BCUT2D eigenvalue weighted by atomic mass is 14.3. The molecule has 1 atom stereocenters. The molecule has 12 heavy (non-hydrogen) atoms. The van der Waals surface area contributed by atoms with E-state index >= 15 is 0 Å². The lowest BCUT2D eigenvalue weighted by molar-refractivity contribution is 0.231. The molecular formula is C11H21B. The Morgan fingerprint density at radius 3 is 2.17 bits per heavy atom. The van der Waals surface area contributed by atoms with Gasteiger partial charge in [0.05, 0.1) is 7.85 Å². The molecule has 0 nitrogen and oxygen atoms in total. The summed E-state index contributed by atoms with van der Waals surface area (Å²) in [6.07, 6.45) is 6.59. The highest BCUT2D eigenvalue weighted by Crippen LogP contribution is 2.44. The highest BCUT2D eigenvalue weighted by Gasteiger charge is 2.29. The molecule has 0 aromatic heterocycles. The summed E-state index contributed by atoms with van der Waals surface area (Å²) in [5.74, 6) is 1.72. The lowest BCUT2D eigenvalue weighted by atomic mass is 9.56. The second-order valence-electron chi connectivity index (χ2n) is 4.82. The molecule has 0 spiro atoms. The van der Waals surface area contributed by atoms with Crippen LogP contribution in [0.3, 0.4) is 0 Å². The molecular weight excluding hydrogens is 143 g/mol. The first-order valence-corrected chi connectivity index (χ1v) is 5.35. The SMILES string of the molecule is [B]C(C)(CC)C1CCC(C)CC1. The van der Waals surface area contributed by atoms with Crippen molar-refractivity contribution >= 4 is 7.85 Å². The van der Waals surface area contributed by atoms with Crippen LogP contribution in [0.25, 0.3) is 0 Å². The Morgan fingerprint density at radius 1 is 1.25 bits per heavy atom. The minimum Gasteiger partial charge on any atom is -0.0674 e. The van der Waals surface area contributed by atoms with Crippen molar-refractivity contribution in [3.8, 4) is 0 Å². The van der Waals surface area contributed by atoms with Crippen LogP contribution >= 0.6 is 0 Å². The van der Waals surface area contributed by atoms with Crippen molar-refractivity contribution in [1.82, 2.24) is 0 Å². The molecule has 1 aliphatic rings. The molecule has 0 aromatic rings. The van der Waals surface area contributed by atoms with E-state index in [1.165, 1.54) is 25.7 Å². The van der Waals surface area contributed by atoms with Gasteiger partial charge >= 0.3 is 0 Å². The largest absolute Gasteiger partial charge is 0.0746 e. The van der Waals surface area contributed by atoms with Crippen molar-refractivity contribution in [3.63, 3.8) is 0 Å². The van der Waals surface area contributed by atoms with Gasteiger partial charge < -0.3 is 0 Å². The molecule has 1 unspecified atom stereocenters.